The minimum atomic E-state index is -0.804. The van der Waals surface area contributed by atoms with Crippen LogP contribution in [-0.2, 0) is 28.6 Å². The van der Waals surface area contributed by atoms with Gasteiger partial charge in [-0.2, -0.15) is 0 Å². The van der Waals surface area contributed by atoms with E-state index in [2.05, 4.69) is 179 Å². The van der Waals surface area contributed by atoms with Crippen LogP contribution in [0, 0.1) is 0 Å². The maximum Gasteiger partial charge on any atom is 0.306 e. The molecule has 0 rings (SSSR count). The Morgan fingerprint density at radius 1 is 0.266 bits per heavy atom. The van der Waals surface area contributed by atoms with E-state index in [4.69, 9.17) is 14.2 Å². The average Bonchev–Trinajstić information content (AvgIpc) is 3.45. The second-order valence-electron chi connectivity index (χ2n) is 20.5. The van der Waals surface area contributed by atoms with Gasteiger partial charge in [0.1, 0.15) is 13.2 Å². The summed E-state index contributed by atoms with van der Waals surface area (Å²) in [6, 6.07) is 0. The maximum absolute atomic E-state index is 12.9. The van der Waals surface area contributed by atoms with E-state index in [-0.39, 0.29) is 31.1 Å². The molecule has 6 heteroatoms. The summed E-state index contributed by atoms with van der Waals surface area (Å²) in [4.78, 5) is 38.3. The molecular weight excluding hydrogens is 973 g/mol. The zero-order chi connectivity index (χ0) is 57.1. The molecule has 0 bridgehead atoms. The van der Waals surface area contributed by atoms with Gasteiger partial charge in [0, 0.05) is 19.3 Å². The molecule has 0 aliphatic rings. The molecule has 0 aromatic carbocycles. The van der Waals surface area contributed by atoms with Crippen LogP contribution in [-0.4, -0.2) is 37.2 Å². The van der Waals surface area contributed by atoms with Gasteiger partial charge in [-0.25, -0.2) is 0 Å². The number of esters is 3. The quantitative estimate of drug-likeness (QED) is 0.0261. The first kappa shape index (κ1) is 74.0. The molecule has 0 aliphatic carbocycles. The third-order valence-electron chi connectivity index (χ3n) is 13.0. The molecule has 0 heterocycles. The lowest BCUT2D eigenvalue weighted by molar-refractivity contribution is -0.167. The topological polar surface area (TPSA) is 78.9 Å². The van der Waals surface area contributed by atoms with Gasteiger partial charge in [-0.1, -0.05) is 262 Å². The monoisotopic (exact) mass is 1090 g/mol. The lowest BCUT2D eigenvalue weighted by atomic mass is 10.1. The van der Waals surface area contributed by atoms with E-state index < -0.39 is 6.10 Å². The number of ether oxygens (including phenoxy) is 3. The van der Waals surface area contributed by atoms with E-state index >= 15 is 0 Å². The van der Waals surface area contributed by atoms with Crippen molar-refractivity contribution in [3.05, 3.63) is 158 Å². The van der Waals surface area contributed by atoms with E-state index in [0.29, 0.717) is 19.3 Å². The Kier molecular flexibility index (Phi) is 61.4. The van der Waals surface area contributed by atoms with Crippen molar-refractivity contribution >= 4 is 17.9 Å². The van der Waals surface area contributed by atoms with Gasteiger partial charge in [-0.15, -0.1) is 0 Å². The van der Waals surface area contributed by atoms with Crippen LogP contribution in [0.15, 0.2) is 158 Å². The van der Waals surface area contributed by atoms with Crippen molar-refractivity contribution in [3.8, 4) is 0 Å². The lowest BCUT2D eigenvalue weighted by Gasteiger charge is -2.18. The molecule has 0 aromatic heterocycles. The van der Waals surface area contributed by atoms with Crippen molar-refractivity contribution in [2.24, 2.45) is 0 Å². The minimum absolute atomic E-state index is 0.0999. The number of hydrogen-bond donors (Lipinski definition) is 0. The Hall–Kier alpha value is -4.97. The summed E-state index contributed by atoms with van der Waals surface area (Å²) in [5.74, 6) is -0.941. The number of allylic oxidation sites excluding steroid dienone is 26. The molecule has 444 valence electrons. The number of carbonyl (C=O) groups is 3. The number of rotatable bonds is 56. The fourth-order valence-corrected chi connectivity index (χ4v) is 8.27. The summed E-state index contributed by atoms with van der Waals surface area (Å²) in [5.41, 5.74) is 0. The Labute approximate surface area is 486 Å². The molecule has 0 fully saturated rings. The van der Waals surface area contributed by atoms with E-state index in [0.717, 1.165) is 180 Å². The van der Waals surface area contributed by atoms with Crippen LogP contribution < -0.4 is 0 Å². The Morgan fingerprint density at radius 2 is 0.494 bits per heavy atom. The smallest absolute Gasteiger partial charge is 0.306 e. The van der Waals surface area contributed by atoms with Gasteiger partial charge in [0.25, 0.3) is 0 Å². The highest BCUT2D eigenvalue weighted by Gasteiger charge is 2.19. The second kappa shape index (κ2) is 65.5. The van der Waals surface area contributed by atoms with Crippen LogP contribution in [0.25, 0.3) is 0 Å². The first-order valence-corrected chi connectivity index (χ1v) is 32.0. The van der Waals surface area contributed by atoms with Gasteiger partial charge >= 0.3 is 17.9 Å². The van der Waals surface area contributed by atoms with Crippen molar-refractivity contribution in [2.45, 2.75) is 271 Å². The van der Waals surface area contributed by atoms with Crippen molar-refractivity contribution in [2.75, 3.05) is 13.2 Å². The van der Waals surface area contributed by atoms with Crippen molar-refractivity contribution in [1.82, 2.24) is 0 Å². The number of carbonyl (C=O) groups excluding carboxylic acids is 3. The molecule has 0 aromatic rings. The largest absolute Gasteiger partial charge is 0.462 e. The van der Waals surface area contributed by atoms with Crippen LogP contribution in [0.5, 0.6) is 0 Å². The van der Waals surface area contributed by atoms with Gasteiger partial charge in [-0.3, -0.25) is 14.4 Å². The van der Waals surface area contributed by atoms with Crippen LogP contribution in [0.2, 0.25) is 0 Å². The SMILES string of the molecule is CC/C=C\C/C=C\C/C=C\C/C=C\C/C=C\C/C=C\C/C=C\C/C=C\CCCCCCCCC(=O)OCC(COC(=O)CCCCCCC/C=C\C/C=C\CCC)OC(=O)CCCCCCCCC/C=C\C/C=C\C/C=C\CC. The molecule has 0 spiro atoms. The molecule has 1 unspecified atom stereocenters. The fourth-order valence-electron chi connectivity index (χ4n) is 8.27. The molecule has 79 heavy (non-hydrogen) atoms. The van der Waals surface area contributed by atoms with Gasteiger partial charge in [0.05, 0.1) is 0 Å². The Balaban J connectivity index is 4.37. The van der Waals surface area contributed by atoms with E-state index in [1.54, 1.807) is 0 Å². The first-order valence-electron chi connectivity index (χ1n) is 32.0. The highest BCUT2D eigenvalue weighted by Crippen LogP contribution is 2.14. The van der Waals surface area contributed by atoms with Crippen LogP contribution in [0.3, 0.4) is 0 Å². The number of hydrogen-bond acceptors (Lipinski definition) is 6. The Morgan fingerprint density at radius 3 is 0.772 bits per heavy atom. The van der Waals surface area contributed by atoms with Gasteiger partial charge in [0.2, 0.25) is 0 Å². The van der Waals surface area contributed by atoms with Crippen LogP contribution in [0.1, 0.15) is 265 Å². The predicted octanol–water partition coefficient (Wildman–Crippen LogP) is 22.1. The van der Waals surface area contributed by atoms with E-state index in [9.17, 15) is 14.4 Å². The Bertz CT molecular complexity index is 1780. The number of unbranched alkanes of at least 4 members (excludes halogenated alkanes) is 19. The maximum atomic E-state index is 12.9. The summed E-state index contributed by atoms with van der Waals surface area (Å²) in [6.45, 7) is 6.31. The molecule has 1 atom stereocenters. The molecule has 0 saturated heterocycles. The predicted molar refractivity (Wildman–Crippen MR) is 343 cm³/mol. The van der Waals surface area contributed by atoms with Crippen LogP contribution >= 0.6 is 0 Å². The zero-order valence-corrected chi connectivity index (χ0v) is 50.8. The summed E-state index contributed by atoms with van der Waals surface area (Å²) in [7, 11) is 0. The summed E-state index contributed by atoms with van der Waals surface area (Å²) in [5, 5.41) is 0. The minimum Gasteiger partial charge on any atom is -0.462 e. The van der Waals surface area contributed by atoms with Crippen molar-refractivity contribution in [3.63, 3.8) is 0 Å². The van der Waals surface area contributed by atoms with Gasteiger partial charge in [-0.05, 0) is 141 Å². The van der Waals surface area contributed by atoms with Gasteiger partial charge < -0.3 is 14.2 Å². The molecule has 0 saturated carbocycles. The van der Waals surface area contributed by atoms with E-state index in [1.165, 1.54) is 44.9 Å². The fraction of sp³-hybridized carbons (Fsp3) is 0.603. The average molecular weight is 1090 g/mol. The van der Waals surface area contributed by atoms with Crippen molar-refractivity contribution < 1.29 is 28.6 Å². The molecule has 0 amide bonds. The van der Waals surface area contributed by atoms with Crippen LogP contribution in [0.4, 0.5) is 0 Å². The normalized spacial score (nSPS) is 13.2. The van der Waals surface area contributed by atoms with Crippen molar-refractivity contribution in [1.29, 1.82) is 0 Å². The second-order valence-corrected chi connectivity index (χ2v) is 20.5. The summed E-state index contributed by atoms with van der Waals surface area (Å²) in [6.07, 6.45) is 95.3. The van der Waals surface area contributed by atoms with Gasteiger partial charge in [0.15, 0.2) is 6.10 Å². The molecule has 0 N–H and O–H groups in total. The lowest BCUT2D eigenvalue weighted by Crippen LogP contribution is -2.30. The third kappa shape index (κ3) is 63.7. The molecule has 6 nitrogen and oxygen atoms in total. The standard InChI is InChI=1S/C73H116O6/c1-4-7-10-13-16-19-22-25-27-29-30-31-32-33-34-35-36-37-38-39-40-41-42-44-45-48-51-54-57-60-63-66-72(75)78-69-70(68-77-71(74)65-62-59-56-53-50-47-24-21-18-15-12-9-6-3)79-73(76)67-64-61-58-55-52-49-46-43-28-26-23-20-17-14-11-8-5-2/h7-8,10-12,15-17,19-21,24-28,30-31,33-34,36-37,39-40,42,44,70H,4-6,9,13-14,18,22-23,29,32,35,38,41,43,45-69H2,1-3H3/b10-7-,11-8-,15-12-,19-16-,20-17-,24-21-,27-25-,28-26-,31-30-,34-33-,37-36-,40-39-,44-42-. The summed E-state index contributed by atoms with van der Waals surface area (Å²) < 4.78 is 16.9. The van der Waals surface area contributed by atoms with E-state index in [1.807, 2.05) is 0 Å². The molecule has 0 radical (unpaired) electrons. The molecule has 0 aliphatic heterocycles. The zero-order valence-electron chi connectivity index (χ0n) is 50.8. The highest BCUT2D eigenvalue weighted by atomic mass is 16.6. The third-order valence-corrected chi connectivity index (χ3v) is 13.0. The summed E-state index contributed by atoms with van der Waals surface area (Å²) >= 11 is 0. The first-order chi connectivity index (χ1) is 39.0. The highest BCUT2D eigenvalue weighted by molar-refractivity contribution is 5.71. The molecular formula is C73H116O6.